The number of nitrogens with zero attached hydrogens (tertiary/aromatic N) is 1. The van der Waals surface area contributed by atoms with E-state index in [0.717, 1.165) is 24.1 Å². The zero-order valence-electron chi connectivity index (χ0n) is 15.2. The van der Waals surface area contributed by atoms with Crippen molar-refractivity contribution in [1.29, 1.82) is 0 Å². The Labute approximate surface area is 145 Å². The zero-order valence-corrected chi connectivity index (χ0v) is 15.2. The lowest BCUT2D eigenvalue weighted by molar-refractivity contribution is 0.142. The molecule has 2 atom stereocenters. The van der Waals surface area contributed by atoms with Gasteiger partial charge in [-0.1, -0.05) is 24.3 Å². The number of nitrogens with one attached hydrogen (secondary N) is 2. The highest BCUT2D eigenvalue weighted by Crippen LogP contribution is 2.30. The lowest BCUT2D eigenvalue weighted by atomic mass is 10.1. The summed E-state index contributed by atoms with van der Waals surface area (Å²) in [6, 6.07) is 8.36. The fourth-order valence-electron chi connectivity index (χ4n) is 3.52. The van der Waals surface area contributed by atoms with Gasteiger partial charge >= 0.3 is 6.03 Å². The summed E-state index contributed by atoms with van der Waals surface area (Å²) < 4.78 is 0. The number of benzene rings is 1. The minimum atomic E-state index is -0.550. The molecule has 0 saturated heterocycles. The van der Waals surface area contributed by atoms with E-state index in [1.165, 1.54) is 0 Å². The van der Waals surface area contributed by atoms with Crippen molar-refractivity contribution >= 4 is 6.03 Å². The second kappa shape index (κ2) is 8.49. The van der Waals surface area contributed by atoms with Crippen LogP contribution in [0.15, 0.2) is 24.3 Å². The van der Waals surface area contributed by atoms with Crippen molar-refractivity contribution in [2.24, 2.45) is 0 Å². The second-order valence-electron chi connectivity index (χ2n) is 7.13. The highest BCUT2D eigenvalue weighted by molar-refractivity contribution is 5.74. The Kier molecular flexibility index (Phi) is 6.63. The maximum atomic E-state index is 12.1. The van der Waals surface area contributed by atoms with Crippen molar-refractivity contribution in [3.05, 3.63) is 35.4 Å². The Balaban J connectivity index is 1.76. The lowest BCUT2D eigenvalue weighted by Crippen LogP contribution is -2.43. The number of fused-ring (bicyclic) bond motifs is 1. The van der Waals surface area contributed by atoms with Crippen molar-refractivity contribution in [1.82, 2.24) is 15.5 Å². The van der Waals surface area contributed by atoms with Crippen molar-refractivity contribution in [2.75, 3.05) is 13.1 Å². The van der Waals surface area contributed by atoms with Crippen LogP contribution >= 0.6 is 0 Å². The minimum absolute atomic E-state index is 0.212. The molecule has 1 aliphatic carbocycles. The molecule has 0 bridgehead atoms. The van der Waals surface area contributed by atoms with Crippen molar-refractivity contribution in [3.63, 3.8) is 0 Å². The van der Waals surface area contributed by atoms with E-state index >= 15 is 0 Å². The van der Waals surface area contributed by atoms with E-state index in [1.807, 2.05) is 24.3 Å². The molecular weight excluding hydrogens is 302 g/mol. The molecule has 1 aromatic rings. The SMILES string of the molecule is CC(C)N(CCCNC(=O)N[C@H]1c2ccccc2C[C@H]1O)C(C)C. The second-order valence-corrected chi connectivity index (χ2v) is 7.13. The zero-order chi connectivity index (χ0) is 17.7. The molecule has 5 heteroatoms. The Morgan fingerprint density at radius 2 is 1.92 bits per heavy atom. The maximum Gasteiger partial charge on any atom is 0.315 e. The molecule has 0 radical (unpaired) electrons. The third-order valence-corrected chi connectivity index (χ3v) is 4.70. The molecule has 2 rings (SSSR count). The number of aliphatic hydroxyl groups excluding tert-OH is 1. The highest BCUT2D eigenvalue weighted by Gasteiger charge is 2.31. The summed E-state index contributed by atoms with van der Waals surface area (Å²) in [7, 11) is 0. The summed E-state index contributed by atoms with van der Waals surface area (Å²) in [6.07, 6.45) is 0.956. The fourth-order valence-corrected chi connectivity index (χ4v) is 3.52. The first kappa shape index (κ1) is 18.7. The molecule has 0 spiro atoms. The smallest absolute Gasteiger partial charge is 0.315 e. The third-order valence-electron chi connectivity index (χ3n) is 4.70. The van der Waals surface area contributed by atoms with E-state index in [2.05, 4.69) is 43.2 Å². The topological polar surface area (TPSA) is 64.6 Å². The molecule has 0 saturated carbocycles. The summed E-state index contributed by atoms with van der Waals surface area (Å²) in [4.78, 5) is 14.5. The van der Waals surface area contributed by atoms with Gasteiger partial charge in [-0.3, -0.25) is 4.90 Å². The van der Waals surface area contributed by atoms with Crippen LogP contribution in [0.2, 0.25) is 0 Å². The van der Waals surface area contributed by atoms with Crippen LogP contribution in [0.5, 0.6) is 0 Å². The summed E-state index contributed by atoms with van der Waals surface area (Å²) >= 11 is 0. The van der Waals surface area contributed by atoms with Gasteiger partial charge in [0, 0.05) is 31.6 Å². The number of aliphatic hydroxyl groups is 1. The quantitative estimate of drug-likeness (QED) is 0.672. The molecule has 0 heterocycles. The molecular formula is C19H31N3O2. The van der Waals surface area contributed by atoms with Gasteiger partial charge in [-0.25, -0.2) is 4.79 Å². The van der Waals surface area contributed by atoms with Crippen LogP contribution in [0.25, 0.3) is 0 Å². The van der Waals surface area contributed by atoms with E-state index in [9.17, 15) is 9.90 Å². The van der Waals surface area contributed by atoms with E-state index < -0.39 is 6.10 Å². The van der Waals surface area contributed by atoms with Gasteiger partial charge in [0.1, 0.15) is 0 Å². The molecule has 1 aromatic carbocycles. The van der Waals surface area contributed by atoms with Crippen LogP contribution in [-0.2, 0) is 6.42 Å². The van der Waals surface area contributed by atoms with Gasteiger partial charge in [0.05, 0.1) is 12.1 Å². The van der Waals surface area contributed by atoms with Gasteiger partial charge in [-0.2, -0.15) is 0 Å². The molecule has 24 heavy (non-hydrogen) atoms. The number of urea groups is 1. The Morgan fingerprint density at radius 3 is 2.58 bits per heavy atom. The van der Waals surface area contributed by atoms with E-state index in [-0.39, 0.29) is 12.1 Å². The van der Waals surface area contributed by atoms with Crippen LogP contribution in [0.1, 0.15) is 51.3 Å². The average molecular weight is 333 g/mol. The van der Waals surface area contributed by atoms with Gasteiger partial charge in [-0.05, 0) is 45.2 Å². The summed E-state index contributed by atoms with van der Waals surface area (Å²) in [5.41, 5.74) is 2.13. The number of amides is 2. The largest absolute Gasteiger partial charge is 0.390 e. The van der Waals surface area contributed by atoms with Gasteiger partial charge in [0.2, 0.25) is 0 Å². The standard InChI is InChI=1S/C19H31N3O2/c1-13(2)22(14(3)4)11-7-10-20-19(24)21-18-16-9-6-5-8-15(16)12-17(18)23/h5-6,8-9,13-14,17-18,23H,7,10-12H2,1-4H3,(H2,20,21,24)/t17-,18+/m1/s1. The molecule has 1 aliphatic rings. The monoisotopic (exact) mass is 333 g/mol. The molecule has 0 aliphatic heterocycles. The van der Waals surface area contributed by atoms with Crippen LogP contribution in [0, 0.1) is 0 Å². The fraction of sp³-hybridized carbons (Fsp3) is 0.632. The predicted octanol–water partition coefficient (Wildman–Crippen LogP) is 2.45. The van der Waals surface area contributed by atoms with Crippen molar-refractivity contribution in [2.45, 2.75) is 64.8 Å². The van der Waals surface area contributed by atoms with Gasteiger partial charge in [0.25, 0.3) is 0 Å². The number of hydrogen-bond acceptors (Lipinski definition) is 3. The summed E-state index contributed by atoms with van der Waals surface area (Å²) in [5, 5.41) is 16.0. The highest BCUT2D eigenvalue weighted by atomic mass is 16.3. The first-order valence-corrected chi connectivity index (χ1v) is 8.96. The van der Waals surface area contributed by atoms with E-state index in [1.54, 1.807) is 0 Å². The minimum Gasteiger partial charge on any atom is -0.390 e. The first-order valence-electron chi connectivity index (χ1n) is 8.96. The van der Waals surface area contributed by atoms with Crippen molar-refractivity contribution < 1.29 is 9.90 Å². The molecule has 2 amide bonds. The Bertz CT molecular complexity index is 537. The lowest BCUT2D eigenvalue weighted by Gasteiger charge is -2.30. The first-order chi connectivity index (χ1) is 11.4. The van der Waals surface area contributed by atoms with Crippen molar-refractivity contribution in [3.8, 4) is 0 Å². The molecule has 5 nitrogen and oxygen atoms in total. The van der Waals surface area contributed by atoms with Crippen LogP contribution in [0.3, 0.4) is 0 Å². The summed E-state index contributed by atoms with van der Waals surface area (Å²) in [5.74, 6) is 0. The van der Waals surface area contributed by atoms with Gasteiger partial charge in [0.15, 0.2) is 0 Å². The van der Waals surface area contributed by atoms with Crippen LogP contribution < -0.4 is 10.6 Å². The molecule has 0 aromatic heterocycles. The normalized spacial score (nSPS) is 19.8. The third kappa shape index (κ3) is 4.71. The predicted molar refractivity (Wildman–Crippen MR) is 97.0 cm³/mol. The molecule has 134 valence electrons. The van der Waals surface area contributed by atoms with Gasteiger partial charge < -0.3 is 15.7 Å². The summed E-state index contributed by atoms with van der Waals surface area (Å²) in [6.45, 7) is 10.4. The van der Waals surface area contributed by atoms with E-state index in [4.69, 9.17) is 0 Å². The molecule has 0 fully saturated rings. The molecule has 3 N–H and O–H groups in total. The Morgan fingerprint density at radius 1 is 1.25 bits per heavy atom. The van der Waals surface area contributed by atoms with Crippen LogP contribution in [0.4, 0.5) is 4.79 Å². The number of hydrogen-bond donors (Lipinski definition) is 3. The maximum absolute atomic E-state index is 12.1. The number of carbonyl (C=O) groups is 1. The van der Waals surface area contributed by atoms with E-state index in [0.29, 0.717) is 25.0 Å². The Hall–Kier alpha value is -1.59. The number of carbonyl (C=O) groups excluding carboxylic acids is 1. The van der Waals surface area contributed by atoms with Gasteiger partial charge in [-0.15, -0.1) is 0 Å². The average Bonchev–Trinajstić information content (AvgIpc) is 2.82. The molecule has 0 unspecified atom stereocenters. The number of rotatable bonds is 7. The van der Waals surface area contributed by atoms with Crippen LogP contribution in [-0.4, -0.2) is 47.3 Å².